The fourth-order valence-corrected chi connectivity index (χ4v) is 2.19. The third-order valence-electron chi connectivity index (χ3n) is 3.19. The van der Waals surface area contributed by atoms with Gasteiger partial charge in [-0.05, 0) is 37.2 Å². The molecule has 0 aliphatic carbocycles. The van der Waals surface area contributed by atoms with Crippen molar-refractivity contribution >= 4 is 0 Å². The normalized spacial score (nSPS) is 12.2. The molecule has 1 N–H and O–H groups in total. The van der Waals surface area contributed by atoms with Gasteiger partial charge in [-0.3, -0.25) is 4.98 Å². The van der Waals surface area contributed by atoms with Gasteiger partial charge in [0.2, 0.25) is 0 Å². The van der Waals surface area contributed by atoms with Gasteiger partial charge in [-0.15, -0.1) is 0 Å². The Morgan fingerprint density at radius 3 is 2.68 bits per heavy atom. The molecule has 1 aromatic heterocycles. The standard InChI is InChI=1S/C15H17FN2O/c1-10-9-18-8-7-11(10)15(17-2)12-5-4-6-13(19-3)14(12)16/h4-9,15,17H,1-3H3. The van der Waals surface area contributed by atoms with E-state index >= 15 is 0 Å². The number of nitrogens with zero attached hydrogens (tertiary/aromatic N) is 1. The summed E-state index contributed by atoms with van der Waals surface area (Å²) in [6, 6.07) is 6.84. The summed E-state index contributed by atoms with van der Waals surface area (Å²) in [7, 11) is 3.28. The van der Waals surface area contributed by atoms with E-state index in [1.54, 1.807) is 30.6 Å². The molecule has 1 aromatic carbocycles. The van der Waals surface area contributed by atoms with E-state index in [9.17, 15) is 4.39 Å². The molecule has 4 heteroatoms. The van der Waals surface area contributed by atoms with Crippen LogP contribution in [0.4, 0.5) is 4.39 Å². The fourth-order valence-electron chi connectivity index (χ4n) is 2.19. The zero-order chi connectivity index (χ0) is 13.8. The quantitative estimate of drug-likeness (QED) is 0.918. The number of benzene rings is 1. The highest BCUT2D eigenvalue weighted by molar-refractivity contribution is 5.40. The maximum atomic E-state index is 14.3. The number of pyridine rings is 1. The first-order chi connectivity index (χ1) is 9.19. The van der Waals surface area contributed by atoms with E-state index in [4.69, 9.17) is 4.74 Å². The monoisotopic (exact) mass is 260 g/mol. The first-order valence-corrected chi connectivity index (χ1v) is 6.09. The summed E-state index contributed by atoms with van der Waals surface area (Å²) in [6.07, 6.45) is 3.49. The summed E-state index contributed by atoms with van der Waals surface area (Å²) in [4.78, 5) is 4.07. The summed E-state index contributed by atoms with van der Waals surface area (Å²) < 4.78 is 19.4. The summed E-state index contributed by atoms with van der Waals surface area (Å²) in [5, 5.41) is 3.14. The fraction of sp³-hybridized carbons (Fsp3) is 0.267. The van der Waals surface area contributed by atoms with Gasteiger partial charge in [0.25, 0.3) is 0 Å². The average Bonchev–Trinajstić information content (AvgIpc) is 2.43. The molecular formula is C15H17FN2O. The summed E-state index contributed by atoms with van der Waals surface area (Å²) >= 11 is 0. The third-order valence-corrected chi connectivity index (χ3v) is 3.19. The summed E-state index contributed by atoms with van der Waals surface area (Å²) in [5.74, 6) is -0.0787. The molecule has 0 aliphatic heterocycles. The minimum absolute atomic E-state index is 0.224. The number of rotatable bonds is 4. The highest BCUT2D eigenvalue weighted by Crippen LogP contribution is 2.30. The van der Waals surface area contributed by atoms with Gasteiger partial charge in [-0.1, -0.05) is 12.1 Å². The smallest absolute Gasteiger partial charge is 0.170 e. The van der Waals surface area contributed by atoms with E-state index in [1.807, 2.05) is 20.0 Å². The van der Waals surface area contributed by atoms with Gasteiger partial charge < -0.3 is 10.1 Å². The molecular weight excluding hydrogens is 243 g/mol. The highest BCUT2D eigenvalue weighted by atomic mass is 19.1. The summed E-state index contributed by atoms with van der Waals surface area (Å²) in [6.45, 7) is 1.96. The first-order valence-electron chi connectivity index (χ1n) is 6.09. The maximum Gasteiger partial charge on any atom is 0.170 e. The Hall–Kier alpha value is -1.94. The molecule has 1 heterocycles. The van der Waals surface area contributed by atoms with Crippen molar-refractivity contribution < 1.29 is 9.13 Å². The summed E-state index contributed by atoms with van der Waals surface area (Å²) in [5.41, 5.74) is 2.59. The largest absolute Gasteiger partial charge is 0.494 e. The number of aryl methyl sites for hydroxylation is 1. The van der Waals surface area contributed by atoms with E-state index in [1.165, 1.54) is 7.11 Å². The van der Waals surface area contributed by atoms with Crippen LogP contribution in [0.2, 0.25) is 0 Å². The predicted octanol–water partition coefficient (Wildman–Crippen LogP) is 2.85. The lowest BCUT2D eigenvalue weighted by Gasteiger charge is -2.20. The molecule has 100 valence electrons. The lowest BCUT2D eigenvalue weighted by atomic mass is 9.96. The van der Waals surface area contributed by atoms with Gasteiger partial charge in [0.15, 0.2) is 11.6 Å². The van der Waals surface area contributed by atoms with Crippen molar-refractivity contribution in [2.24, 2.45) is 0 Å². The molecule has 1 atom stereocenters. The number of nitrogens with one attached hydrogen (secondary N) is 1. The van der Waals surface area contributed by atoms with Crippen molar-refractivity contribution in [1.29, 1.82) is 0 Å². The minimum Gasteiger partial charge on any atom is -0.494 e. The van der Waals surface area contributed by atoms with Crippen molar-refractivity contribution in [2.45, 2.75) is 13.0 Å². The molecule has 19 heavy (non-hydrogen) atoms. The van der Waals surface area contributed by atoms with Gasteiger partial charge in [-0.25, -0.2) is 4.39 Å². The van der Waals surface area contributed by atoms with Crippen LogP contribution < -0.4 is 10.1 Å². The molecule has 0 aliphatic rings. The minimum atomic E-state index is -0.333. The number of aromatic nitrogens is 1. The van der Waals surface area contributed by atoms with Crippen LogP contribution in [0.3, 0.4) is 0 Å². The second kappa shape index (κ2) is 5.80. The number of ether oxygens (including phenoxy) is 1. The van der Waals surface area contributed by atoms with E-state index in [2.05, 4.69) is 10.3 Å². The van der Waals surface area contributed by atoms with Crippen molar-refractivity contribution in [1.82, 2.24) is 10.3 Å². The second-order valence-corrected chi connectivity index (χ2v) is 4.32. The Morgan fingerprint density at radius 2 is 2.05 bits per heavy atom. The average molecular weight is 260 g/mol. The molecule has 0 fully saturated rings. The van der Waals surface area contributed by atoms with Gasteiger partial charge in [0, 0.05) is 18.0 Å². The number of halogens is 1. The lowest BCUT2D eigenvalue weighted by molar-refractivity contribution is 0.382. The van der Waals surface area contributed by atoms with Crippen molar-refractivity contribution in [2.75, 3.05) is 14.2 Å². The zero-order valence-corrected chi connectivity index (χ0v) is 11.3. The Morgan fingerprint density at radius 1 is 1.26 bits per heavy atom. The molecule has 3 nitrogen and oxygen atoms in total. The molecule has 2 aromatic rings. The predicted molar refractivity (Wildman–Crippen MR) is 72.8 cm³/mol. The van der Waals surface area contributed by atoms with Crippen molar-refractivity contribution in [3.8, 4) is 5.75 Å². The van der Waals surface area contributed by atoms with Crippen LogP contribution in [0.1, 0.15) is 22.7 Å². The molecule has 0 bridgehead atoms. The van der Waals surface area contributed by atoms with Crippen molar-refractivity contribution in [3.05, 3.63) is 59.2 Å². The van der Waals surface area contributed by atoms with Crippen LogP contribution in [0.5, 0.6) is 5.75 Å². The number of hydrogen-bond acceptors (Lipinski definition) is 3. The zero-order valence-electron chi connectivity index (χ0n) is 11.3. The van der Waals surface area contributed by atoms with Crippen LogP contribution in [0.15, 0.2) is 36.7 Å². The van der Waals surface area contributed by atoms with Crippen LogP contribution in [-0.4, -0.2) is 19.1 Å². The molecule has 0 radical (unpaired) electrons. The maximum absolute atomic E-state index is 14.3. The highest BCUT2D eigenvalue weighted by Gasteiger charge is 2.20. The SMILES string of the molecule is CNC(c1ccncc1C)c1cccc(OC)c1F. The molecule has 1 unspecified atom stereocenters. The number of hydrogen-bond donors (Lipinski definition) is 1. The molecule has 0 saturated heterocycles. The molecule has 0 saturated carbocycles. The van der Waals surface area contributed by atoms with Crippen LogP contribution in [0.25, 0.3) is 0 Å². The Labute approximate surface area is 112 Å². The van der Waals surface area contributed by atoms with E-state index in [0.717, 1.165) is 11.1 Å². The molecule has 0 spiro atoms. The van der Waals surface area contributed by atoms with E-state index in [-0.39, 0.29) is 17.6 Å². The van der Waals surface area contributed by atoms with Crippen LogP contribution >= 0.6 is 0 Å². The van der Waals surface area contributed by atoms with Crippen LogP contribution in [0, 0.1) is 12.7 Å². The van der Waals surface area contributed by atoms with Gasteiger partial charge in [-0.2, -0.15) is 0 Å². The van der Waals surface area contributed by atoms with E-state index < -0.39 is 0 Å². The second-order valence-electron chi connectivity index (χ2n) is 4.32. The molecule has 2 rings (SSSR count). The first kappa shape index (κ1) is 13.5. The number of methoxy groups -OCH3 is 1. The topological polar surface area (TPSA) is 34.2 Å². The Kier molecular flexibility index (Phi) is 4.12. The Balaban J connectivity index is 2.52. The van der Waals surface area contributed by atoms with Crippen molar-refractivity contribution in [3.63, 3.8) is 0 Å². The Bertz CT molecular complexity index is 572. The van der Waals surface area contributed by atoms with E-state index in [0.29, 0.717) is 5.56 Å². The molecule has 0 amide bonds. The van der Waals surface area contributed by atoms with Crippen LogP contribution in [-0.2, 0) is 0 Å². The van der Waals surface area contributed by atoms with Gasteiger partial charge in [0.1, 0.15) is 0 Å². The van der Waals surface area contributed by atoms with Gasteiger partial charge >= 0.3 is 0 Å². The lowest BCUT2D eigenvalue weighted by Crippen LogP contribution is -2.20. The third kappa shape index (κ3) is 2.58. The van der Waals surface area contributed by atoms with Gasteiger partial charge in [0.05, 0.1) is 13.2 Å².